The molecule has 18 heavy (non-hydrogen) atoms. The van der Waals surface area contributed by atoms with Gasteiger partial charge < -0.3 is 4.90 Å². The van der Waals surface area contributed by atoms with Gasteiger partial charge in [0.15, 0.2) is 0 Å². The second-order valence-corrected chi connectivity index (χ2v) is 4.08. The Kier molecular flexibility index (Phi) is 3.06. The second-order valence-electron chi connectivity index (χ2n) is 3.70. The number of halogens is 4. The van der Waals surface area contributed by atoms with Crippen LogP contribution in [0, 0.1) is 0 Å². The predicted octanol–water partition coefficient (Wildman–Crippen LogP) is 2.47. The first-order valence-corrected chi connectivity index (χ1v) is 5.53. The van der Waals surface area contributed by atoms with Gasteiger partial charge in [0, 0.05) is 12.4 Å². The van der Waals surface area contributed by atoms with Crippen molar-refractivity contribution in [1.82, 2.24) is 0 Å². The van der Waals surface area contributed by atoms with Gasteiger partial charge in [-0.2, -0.15) is 13.2 Å². The summed E-state index contributed by atoms with van der Waals surface area (Å²) in [5.74, 6) is -1.68. The Morgan fingerprint density at radius 2 is 1.89 bits per heavy atom. The van der Waals surface area contributed by atoms with Crippen LogP contribution in [0.5, 0.6) is 0 Å². The summed E-state index contributed by atoms with van der Waals surface area (Å²) in [6.07, 6.45) is -4.54. The summed E-state index contributed by atoms with van der Waals surface area (Å²) < 4.78 is 37.5. The monoisotopic (exact) mass is 277 g/mol. The van der Waals surface area contributed by atoms with Gasteiger partial charge in [-0.1, -0.05) is 0 Å². The number of anilines is 1. The van der Waals surface area contributed by atoms with E-state index in [1.807, 2.05) is 0 Å². The maximum absolute atomic E-state index is 12.5. The topological polar surface area (TPSA) is 37.4 Å². The van der Waals surface area contributed by atoms with E-state index in [0.29, 0.717) is 6.07 Å². The molecule has 0 N–H and O–H groups in total. The van der Waals surface area contributed by atoms with Crippen LogP contribution in [-0.4, -0.2) is 24.1 Å². The smallest absolute Gasteiger partial charge is 0.304 e. The Balaban J connectivity index is 2.50. The molecule has 1 heterocycles. The summed E-state index contributed by atoms with van der Waals surface area (Å²) in [6.45, 7) is 0.0878. The maximum Gasteiger partial charge on any atom is 0.416 e. The highest BCUT2D eigenvalue weighted by atomic mass is 35.5. The number of benzene rings is 1. The van der Waals surface area contributed by atoms with Crippen LogP contribution in [0.3, 0.4) is 0 Å². The summed E-state index contributed by atoms with van der Waals surface area (Å²) in [7, 11) is 0. The lowest BCUT2D eigenvalue weighted by atomic mass is 10.1. The number of carbonyl (C=O) groups is 2. The van der Waals surface area contributed by atoms with E-state index in [4.69, 9.17) is 11.6 Å². The van der Waals surface area contributed by atoms with Crippen molar-refractivity contribution in [2.45, 2.75) is 6.18 Å². The largest absolute Gasteiger partial charge is 0.416 e. The molecular formula is C11H7ClF3NO2. The van der Waals surface area contributed by atoms with E-state index < -0.39 is 23.4 Å². The third-order valence-corrected chi connectivity index (χ3v) is 2.78. The number of Topliss-reactive ketones (excluding diaryl/α,β-unsaturated/α-hetero) is 1. The average Bonchev–Trinajstić information content (AvgIpc) is 2.54. The van der Waals surface area contributed by atoms with Gasteiger partial charge in [0.1, 0.15) is 0 Å². The Labute approximate surface area is 105 Å². The number of alkyl halides is 4. The molecular weight excluding hydrogens is 271 g/mol. The predicted molar refractivity (Wildman–Crippen MR) is 58.8 cm³/mol. The molecule has 2 rings (SSSR count). The Hall–Kier alpha value is -1.56. The van der Waals surface area contributed by atoms with Crippen molar-refractivity contribution in [3.8, 4) is 0 Å². The van der Waals surface area contributed by atoms with E-state index in [1.165, 1.54) is 0 Å². The van der Waals surface area contributed by atoms with E-state index in [9.17, 15) is 22.8 Å². The van der Waals surface area contributed by atoms with Gasteiger partial charge in [0.2, 0.25) is 0 Å². The molecule has 0 fully saturated rings. The average molecular weight is 278 g/mol. The number of hydrogen-bond donors (Lipinski definition) is 0. The summed E-state index contributed by atoms with van der Waals surface area (Å²) >= 11 is 5.48. The van der Waals surface area contributed by atoms with Crippen molar-refractivity contribution in [2.24, 2.45) is 0 Å². The van der Waals surface area contributed by atoms with Crippen LogP contribution in [0.1, 0.15) is 15.9 Å². The van der Waals surface area contributed by atoms with Gasteiger partial charge >= 0.3 is 6.18 Å². The molecule has 1 aliphatic rings. The SMILES string of the molecule is O=C1C(=O)N(CCCl)c2ccc(C(F)(F)F)cc21. The summed E-state index contributed by atoms with van der Waals surface area (Å²) in [5.41, 5.74) is -0.992. The molecule has 1 aromatic carbocycles. The van der Waals surface area contributed by atoms with Crippen LogP contribution in [0.4, 0.5) is 18.9 Å². The van der Waals surface area contributed by atoms with E-state index >= 15 is 0 Å². The number of nitrogens with zero attached hydrogens (tertiary/aromatic N) is 1. The van der Waals surface area contributed by atoms with Crippen LogP contribution in [0.25, 0.3) is 0 Å². The molecule has 0 atom stereocenters. The molecule has 3 nitrogen and oxygen atoms in total. The fraction of sp³-hybridized carbons (Fsp3) is 0.273. The summed E-state index contributed by atoms with van der Waals surface area (Å²) in [6, 6.07) is 2.66. The van der Waals surface area contributed by atoms with E-state index in [2.05, 4.69) is 0 Å². The molecule has 0 saturated carbocycles. The van der Waals surface area contributed by atoms with Gasteiger partial charge in [-0.25, -0.2) is 0 Å². The molecule has 0 spiro atoms. The Morgan fingerprint density at radius 1 is 1.22 bits per heavy atom. The van der Waals surface area contributed by atoms with Crippen molar-refractivity contribution in [1.29, 1.82) is 0 Å². The molecule has 1 aliphatic heterocycles. The molecule has 1 amide bonds. The van der Waals surface area contributed by atoms with Gasteiger partial charge in [0.25, 0.3) is 11.7 Å². The second kappa shape index (κ2) is 4.28. The zero-order valence-electron chi connectivity index (χ0n) is 8.92. The fourth-order valence-corrected chi connectivity index (χ4v) is 1.95. The first kappa shape index (κ1) is 12.9. The van der Waals surface area contributed by atoms with Gasteiger partial charge in [-0.15, -0.1) is 11.6 Å². The molecule has 0 aliphatic carbocycles. The maximum atomic E-state index is 12.5. The zero-order chi connectivity index (χ0) is 13.5. The van der Waals surface area contributed by atoms with Crippen LogP contribution < -0.4 is 4.90 Å². The van der Waals surface area contributed by atoms with E-state index in [-0.39, 0.29) is 23.7 Å². The minimum Gasteiger partial charge on any atom is -0.304 e. The number of fused-ring (bicyclic) bond motifs is 1. The lowest BCUT2D eigenvalue weighted by Crippen LogP contribution is -2.31. The highest BCUT2D eigenvalue weighted by Gasteiger charge is 2.38. The highest BCUT2D eigenvalue weighted by Crippen LogP contribution is 2.35. The van der Waals surface area contributed by atoms with E-state index in [0.717, 1.165) is 17.0 Å². The zero-order valence-corrected chi connectivity index (χ0v) is 9.68. The standard InChI is InChI=1S/C11H7ClF3NO2/c12-3-4-16-8-2-1-6(11(13,14)15)5-7(8)9(17)10(16)18/h1-2,5H,3-4H2. The fourth-order valence-electron chi connectivity index (χ4n) is 1.78. The van der Waals surface area contributed by atoms with Crippen LogP contribution in [-0.2, 0) is 11.0 Å². The highest BCUT2D eigenvalue weighted by molar-refractivity contribution is 6.52. The summed E-state index contributed by atoms with van der Waals surface area (Å²) in [4.78, 5) is 24.2. The minimum atomic E-state index is -4.54. The molecule has 1 aromatic rings. The van der Waals surface area contributed by atoms with Gasteiger partial charge in [-0.3, -0.25) is 9.59 Å². The number of ketones is 1. The molecule has 0 unspecified atom stereocenters. The lowest BCUT2D eigenvalue weighted by molar-refractivity contribution is -0.137. The summed E-state index contributed by atoms with van der Waals surface area (Å²) in [5, 5.41) is 0. The molecule has 96 valence electrons. The normalized spacial score (nSPS) is 15.2. The first-order valence-electron chi connectivity index (χ1n) is 4.99. The molecule has 0 aromatic heterocycles. The van der Waals surface area contributed by atoms with Crippen molar-refractivity contribution >= 4 is 29.0 Å². The van der Waals surface area contributed by atoms with Crippen LogP contribution in [0.2, 0.25) is 0 Å². The molecule has 7 heteroatoms. The van der Waals surface area contributed by atoms with Crippen molar-refractivity contribution in [3.63, 3.8) is 0 Å². The van der Waals surface area contributed by atoms with Crippen molar-refractivity contribution < 1.29 is 22.8 Å². The van der Waals surface area contributed by atoms with Crippen LogP contribution in [0.15, 0.2) is 18.2 Å². The van der Waals surface area contributed by atoms with Crippen molar-refractivity contribution in [2.75, 3.05) is 17.3 Å². The number of rotatable bonds is 2. The quantitative estimate of drug-likeness (QED) is 0.615. The van der Waals surface area contributed by atoms with Gasteiger partial charge in [-0.05, 0) is 18.2 Å². The molecule has 0 radical (unpaired) electrons. The van der Waals surface area contributed by atoms with Crippen molar-refractivity contribution in [3.05, 3.63) is 29.3 Å². The third kappa shape index (κ3) is 1.96. The Bertz CT molecular complexity index is 528. The Morgan fingerprint density at radius 3 is 2.44 bits per heavy atom. The van der Waals surface area contributed by atoms with E-state index in [1.54, 1.807) is 0 Å². The minimum absolute atomic E-state index is 0.0878. The molecule has 0 saturated heterocycles. The number of amides is 1. The number of carbonyl (C=O) groups excluding carboxylic acids is 2. The van der Waals surface area contributed by atoms with Gasteiger partial charge in [0.05, 0.1) is 16.8 Å². The molecule has 0 bridgehead atoms. The third-order valence-electron chi connectivity index (χ3n) is 2.61. The van der Waals surface area contributed by atoms with Crippen LogP contribution >= 0.6 is 11.6 Å². The number of hydrogen-bond acceptors (Lipinski definition) is 2. The first-order chi connectivity index (χ1) is 8.36. The lowest BCUT2D eigenvalue weighted by Gasteiger charge is -2.15.